The summed E-state index contributed by atoms with van der Waals surface area (Å²) in [6.07, 6.45) is 57.1. The van der Waals surface area contributed by atoms with Gasteiger partial charge in [0, 0.05) is 6.61 Å². The van der Waals surface area contributed by atoms with Gasteiger partial charge in [0.2, 0.25) is 0 Å². The van der Waals surface area contributed by atoms with Gasteiger partial charge >= 0.3 is 0 Å². The van der Waals surface area contributed by atoms with Gasteiger partial charge in [-0.1, -0.05) is 231 Å². The highest BCUT2D eigenvalue weighted by Gasteiger charge is 2.07. The van der Waals surface area contributed by atoms with E-state index in [1.165, 1.54) is 244 Å². The first kappa shape index (κ1) is 40.0. The molecule has 0 aromatic heterocycles. The molecular weight excluding hydrogens is 508 g/mol. The molecule has 1 saturated heterocycles. The van der Waals surface area contributed by atoms with Gasteiger partial charge in [-0.05, 0) is 19.8 Å². The average Bonchev–Trinajstić information content (AvgIpc) is 3.62. The van der Waals surface area contributed by atoms with E-state index < -0.39 is 0 Å². The maximum atomic E-state index is 5.15. The third-order valence-corrected chi connectivity index (χ3v) is 10.2. The Morgan fingerprint density at radius 1 is 0.238 bits per heavy atom. The van der Waals surface area contributed by atoms with Crippen LogP contribution in [0.2, 0.25) is 0 Å². The lowest BCUT2D eigenvalue weighted by molar-refractivity contribution is 0.125. The molecule has 7 aliphatic rings. The minimum atomic E-state index is 0.546. The largest absolute Gasteiger partial charge is 0.379 e. The van der Waals surface area contributed by atoms with Gasteiger partial charge in [0.25, 0.3) is 0 Å². The van der Waals surface area contributed by atoms with Gasteiger partial charge in [-0.25, -0.2) is 0 Å². The molecule has 6 saturated carbocycles. The summed E-state index contributed by atoms with van der Waals surface area (Å²) >= 11 is 0. The fourth-order valence-electron chi connectivity index (χ4n) is 7.10. The Morgan fingerprint density at radius 2 is 0.381 bits per heavy atom. The molecule has 1 heteroatoms. The van der Waals surface area contributed by atoms with Crippen LogP contribution in [-0.2, 0) is 4.74 Å². The average molecular weight is 591 g/mol. The molecule has 7 rings (SSSR count). The predicted octanol–water partition coefficient (Wildman–Crippen LogP) is 15.2. The highest BCUT2D eigenvalue weighted by atomic mass is 16.5. The van der Waals surface area contributed by atoms with Crippen LogP contribution in [0, 0.1) is 0 Å². The zero-order valence-electron chi connectivity index (χ0n) is 29.6. The second kappa shape index (κ2) is 35.4. The van der Waals surface area contributed by atoms with Gasteiger partial charge < -0.3 is 4.74 Å². The Morgan fingerprint density at radius 3 is 0.429 bits per heavy atom. The molecule has 1 aliphatic heterocycles. The first-order chi connectivity index (χ1) is 20.9. The smallest absolute Gasteiger partial charge is 0.0547 e. The maximum absolute atomic E-state index is 5.15. The normalized spacial score (nSPS) is 25.5. The second-order valence-electron chi connectivity index (χ2n) is 14.6. The summed E-state index contributed by atoms with van der Waals surface area (Å²) < 4.78 is 5.15. The zero-order chi connectivity index (χ0) is 29.9. The third kappa shape index (κ3) is 32.9. The fraction of sp³-hybridized carbons (Fsp3) is 1.00. The van der Waals surface area contributed by atoms with E-state index in [9.17, 15) is 0 Å². The molecule has 1 atom stereocenters. The van der Waals surface area contributed by atoms with Crippen molar-refractivity contribution in [3.63, 3.8) is 0 Å². The lowest BCUT2D eigenvalue weighted by Crippen LogP contribution is -1.94. The minimum Gasteiger partial charge on any atom is -0.379 e. The van der Waals surface area contributed by atoms with E-state index in [1.54, 1.807) is 0 Å². The Balaban J connectivity index is 0.000000245. The molecule has 42 heavy (non-hydrogen) atoms. The zero-order valence-corrected chi connectivity index (χ0v) is 29.6. The Bertz CT molecular complexity index is 281. The SMILES string of the molecule is C1CCCCC1.C1CCCCC1.C1CCCCC1.C1CCCCC1.C1CCCCC1.C1CCCCC1.CC1CCCO1. The van der Waals surface area contributed by atoms with Crippen molar-refractivity contribution in [3.05, 3.63) is 0 Å². The summed E-state index contributed by atoms with van der Waals surface area (Å²) in [7, 11) is 0. The van der Waals surface area contributed by atoms with E-state index in [0.29, 0.717) is 6.10 Å². The van der Waals surface area contributed by atoms with E-state index in [4.69, 9.17) is 4.74 Å². The molecular formula is C41H82O. The van der Waals surface area contributed by atoms with Crippen molar-refractivity contribution < 1.29 is 4.74 Å². The second-order valence-corrected chi connectivity index (χ2v) is 14.6. The van der Waals surface area contributed by atoms with Crippen LogP contribution in [0.15, 0.2) is 0 Å². The van der Waals surface area contributed by atoms with Crippen molar-refractivity contribution in [1.82, 2.24) is 0 Å². The van der Waals surface area contributed by atoms with E-state index in [2.05, 4.69) is 6.92 Å². The van der Waals surface area contributed by atoms with Crippen molar-refractivity contribution in [2.75, 3.05) is 6.61 Å². The van der Waals surface area contributed by atoms with Gasteiger partial charge in [-0.3, -0.25) is 0 Å². The van der Waals surface area contributed by atoms with Crippen molar-refractivity contribution >= 4 is 0 Å². The van der Waals surface area contributed by atoms with E-state index in [-0.39, 0.29) is 0 Å². The molecule has 1 unspecified atom stereocenters. The van der Waals surface area contributed by atoms with Crippen LogP contribution in [0.5, 0.6) is 0 Å². The monoisotopic (exact) mass is 591 g/mol. The molecule has 1 heterocycles. The molecule has 0 amide bonds. The van der Waals surface area contributed by atoms with E-state index in [0.717, 1.165) is 6.61 Å². The van der Waals surface area contributed by atoms with Gasteiger partial charge in [-0.2, -0.15) is 0 Å². The standard InChI is InChI=1S/6C6H12.C5H10O/c6*1-2-4-6-5-3-1;1-5-3-2-4-6-5/h6*1-6H2;5H,2-4H2,1H3. The Hall–Kier alpha value is -0.0400. The molecule has 7 fully saturated rings. The number of hydrogen-bond acceptors (Lipinski definition) is 1. The molecule has 1 nitrogen and oxygen atoms in total. The van der Waals surface area contributed by atoms with Crippen LogP contribution < -0.4 is 0 Å². The first-order valence-electron chi connectivity index (χ1n) is 20.5. The number of rotatable bonds is 0. The van der Waals surface area contributed by atoms with Crippen LogP contribution in [-0.4, -0.2) is 12.7 Å². The van der Waals surface area contributed by atoms with Gasteiger partial charge in [0.1, 0.15) is 0 Å². The highest BCUT2D eigenvalue weighted by Crippen LogP contribution is 2.18. The first-order valence-corrected chi connectivity index (χ1v) is 20.5. The topological polar surface area (TPSA) is 9.23 Å². The van der Waals surface area contributed by atoms with Gasteiger partial charge in [0.15, 0.2) is 0 Å². The fourth-order valence-corrected chi connectivity index (χ4v) is 7.10. The molecule has 0 spiro atoms. The summed E-state index contributed by atoms with van der Waals surface area (Å²) in [5.41, 5.74) is 0. The summed E-state index contributed by atoms with van der Waals surface area (Å²) in [4.78, 5) is 0. The Kier molecular flexibility index (Phi) is 33.7. The van der Waals surface area contributed by atoms with Crippen LogP contribution in [0.4, 0.5) is 0 Å². The van der Waals surface area contributed by atoms with Crippen molar-refractivity contribution in [2.45, 2.75) is 257 Å². The quantitative estimate of drug-likeness (QED) is 0.273. The maximum Gasteiger partial charge on any atom is 0.0547 e. The predicted molar refractivity (Wildman–Crippen MR) is 191 cm³/mol. The van der Waals surface area contributed by atoms with Gasteiger partial charge in [-0.15, -0.1) is 0 Å². The highest BCUT2D eigenvalue weighted by molar-refractivity contribution is 4.57. The van der Waals surface area contributed by atoms with Crippen molar-refractivity contribution in [2.24, 2.45) is 0 Å². The Labute approximate surface area is 267 Å². The summed E-state index contributed by atoms with van der Waals surface area (Å²) in [6.45, 7) is 3.11. The van der Waals surface area contributed by atoms with E-state index in [1.807, 2.05) is 0 Å². The molecule has 0 aromatic rings. The number of ether oxygens (including phenoxy) is 1. The molecule has 0 bridgehead atoms. The van der Waals surface area contributed by atoms with Gasteiger partial charge in [0.05, 0.1) is 6.10 Å². The molecule has 0 N–H and O–H groups in total. The van der Waals surface area contributed by atoms with Crippen LogP contribution in [0.1, 0.15) is 251 Å². The molecule has 252 valence electrons. The molecule has 0 aromatic carbocycles. The lowest BCUT2D eigenvalue weighted by Gasteiger charge is -2.05. The third-order valence-electron chi connectivity index (χ3n) is 10.2. The van der Waals surface area contributed by atoms with Crippen LogP contribution >= 0.6 is 0 Å². The molecule has 0 radical (unpaired) electrons. The van der Waals surface area contributed by atoms with Crippen molar-refractivity contribution in [3.8, 4) is 0 Å². The lowest BCUT2D eigenvalue weighted by atomic mass is 10.0. The summed E-state index contributed by atoms with van der Waals surface area (Å²) in [5.74, 6) is 0. The summed E-state index contributed by atoms with van der Waals surface area (Å²) in [5, 5.41) is 0. The molecule has 6 aliphatic carbocycles. The summed E-state index contributed by atoms with van der Waals surface area (Å²) in [6, 6.07) is 0. The van der Waals surface area contributed by atoms with Crippen molar-refractivity contribution in [1.29, 1.82) is 0 Å². The van der Waals surface area contributed by atoms with Crippen LogP contribution in [0.25, 0.3) is 0 Å². The minimum absolute atomic E-state index is 0.546. The van der Waals surface area contributed by atoms with E-state index >= 15 is 0 Å². The number of hydrogen-bond donors (Lipinski definition) is 0. The van der Waals surface area contributed by atoms with Crippen LogP contribution in [0.3, 0.4) is 0 Å².